The number of carbonyl (C=O) groups is 2. The summed E-state index contributed by atoms with van der Waals surface area (Å²) in [6.07, 6.45) is 4.40. The second kappa shape index (κ2) is 9.34. The van der Waals surface area contributed by atoms with Crippen LogP contribution in [0.3, 0.4) is 0 Å². The van der Waals surface area contributed by atoms with E-state index in [2.05, 4.69) is 5.32 Å². The average Bonchev–Trinajstić information content (AvgIpc) is 2.44. The Morgan fingerprint density at radius 2 is 1.81 bits per heavy atom. The molecule has 1 aromatic carbocycles. The number of carbonyl (C=O) groups excluding carboxylic acids is 1. The van der Waals surface area contributed by atoms with Crippen LogP contribution in [0.1, 0.15) is 48.9 Å². The Labute approximate surface area is 128 Å². The van der Waals surface area contributed by atoms with E-state index in [-0.39, 0.29) is 22.9 Å². The molecule has 6 heteroatoms. The fourth-order valence-corrected chi connectivity index (χ4v) is 2.12. The number of amides is 1. The van der Waals surface area contributed by atoms with E-state index in [0.717, 1.165) is 25.7 Å². The predicted molar refractivity (Wildman–Crippen MR) is 79.1 cm³/mol. The van der Waals surface area contributed by atoms with E-state index in [9.17, 15) is 14.0 Å². The standard InChI is InChI=1S/C15H19ClFNO3/c16-14-11(7-6-8-12(14)17)15(21)18-10-5-3-1-2-4-9-13(19)20/h6-8H,1-5,9-10H2,(H,18,21)(H,19,20). The number of aliphatic carboxylic acids is 1. The normalized spacial score (nSPS) is 10.4. The first kappa shape index (κ1) is 17.4. The number of benzene rings is 1. The third-order valence-corrected chi connectivity index (χ3v) is 3.43. The van der Waals surface area contributed by atoms with Gasteiger partial charge in [-0.25, -0.2) is 4.39 Å². The summed E-state index contributed by atoms with van der Waals surface area (Å²) in [5.74, 6) is -1.76. The van der Waals surface area contributed by atoms with Gasteiger partial charge >= 0.3 is 5.97 Å². The van der Waals surface area contributed by atoms with E-state index in [0.29, 0.717) is 13.0 Å². The lowest BCUT2D eigenvalue weighted by Crippen LogP contribution is -2.24. The fourth-order valence-electron chi connectivity index (χ4n) is 1.91. The van der Waals surface area contributed by atoms with Gasteiger partial charge in [-0.1, -0.05) is 36.9 Å². The predicted octanol–water partition coefficient (Wildman–Crippen LogP) is 3.63. The van der Waals surface area contributed by atoms with Gasteiger partial charge in [-0.3, -0.25) is 9.59 Å². The lowest BCUT2D eigenvalue weighted by Gasteiger charge is -2.07. The van der Waals surface area contributed by atoms with Gasteiger partial charge in [0.1, 0.15) is 5.82 Å². The zero-order chi connectivity index (χ0) is 15.7. The molecule has 116 valence electrons. The molecule has 21 heavy (non-hydrogen) atoms. The molecule has 4 nitrogen and oxygen atoms in total. The highest BCUT2D eigenvalue weighted by Gasteiger charge is 2.12. The van der Waals surface area contributed by atoms with Gasteiger partial charge in [-0.15, -0.1) is 0 Å². The van der Waals surface area contributed by atoms with Gasteiger partial charge < -0.3 is 10.4 Å². The van der Waals surface area contributed by atoms with E-state index < -0.39 is 11.8 Å². The van der Waals surface area contributed by atoms with E-state index in [1.807, 2.05) is 0 Å². The van der Waals surface area contributed by atoms with E-state index >= 15 is 0 Å². The first-order valence-electron chi connectivity index (χ1n) is 6.96. The molecule has 0 unspecified atom stereocenters. The van der Waals surface area contributed by atoms with E-state index in [1.54, 1.807) is 0 Å². The third-order valence-electron chi connectivity index (χ3n) is 3.05. The number of hydrogen-bond donors (Lipinski definition) is 2. The third kappa shape index (κ3) is 6.58. The maximum absolute atomic E-state index is 13.2. The van der Waals surface area contributed by atoms with Crippen LogP contribution in [0.4, 0.5) is 4.39 Å². The smallest absolute Gasteiger partial charge is 0.303 e. The minimum absolute atomic E-state index is 0.137. The average molecular weight is 316 g/mol. The molecular weight excluding hydrogens is 297 g/mol. The Bertz CT molecular complexity index is 494. The van der Waals surface area contributed by atoms with Crippen LogP contribution in [0.2, 0.25) is 5.02 Å². The molecule has 1 rings (SSSR count). The van der Waals surface area contributed by atoms with Gasteiger partial charge in [0.2, 0.25) is 0 Å². The molecule has 0 aromatic heterocycles. The minimum atomic E-state index is -0.769. The number of carboxylic acid groups (broad SMARTS) is 1. The van der Waals surface area contributed by atoms with Crippen molar-refractivity contribution in [2.24, 2.45) is 0 Å². The van der Waals surface area contributed by atoms with E-state index in [1.165, 1.54) is 18.2 Å². The molecule has 0 fully saturated rings. The first-order chi connectivity index (χ1) is 10.0. The molecule has 2 N–H and O–H groups in total. The number of unbranched alkanes of at least 4 members (excludes halogenated alkanes) is 4. The van der Waals surface area contributed by atoms with Crippen LogP contribution in [-0.2, 0) is 4.79 Å². The van der Waals surface area contributed by atoms with E-state index in [4.69, 9.17) is 16.7 Å². The first-order valence-corrected chi connectivity index (χ1v) is 7.34. The molecule has 0 bridgehead atoms. The molecule has 0 radical (unpaired) electrons. The lowest BCUT2D eigenvalue weighted by molar-refractivity contribution is -0.137. The van der Waals surface area contributed by atoms with Crippen LogP contribution in [0.15, 0.2) is 18.2 Å². The van der Waals surface area contributed by atoms with Gasteiger partial charge in [-0.05, 0) is 25.0 Å². The summed E-state index contributed by atoms with van der Waals surface area (Å²) in [6.45, 7) is 0.491. The number of nitrogens with one attached hydrogen (secondary N) is 1. The molecule has 0 spiro atoms. The number of hydrogen-bond acceptors (Lipinski definition) is 2. The van der Waals surface area contributed by atoms with Crippen molar-refractivity contribution in [3.05, 3.63) is 34.6 Å². The largest absolute Gasteiger partial charge is 0.481 e. The summed E-state index contributed by atoms with van der Waals surface area (Å²) in [7, 11) is 0. The molecule has 0 atom stereocenters. The second-order valence-electron chi connectivity index (χ2n) is 4.77. The molecule has 0 aliphatic heterocycles. The van der Waals surface area contributed by atoms with Gasteiger partial charge in [0.15, 0.2) is 0 Å². The molecule has 0 heterocycles. The quantitative estimate of drug-likeness (QED) is 0.684. The van der Waals surface area contributed by atoms with Crippen molar-refractivity contribution in [3.8, 4) is 0 Å². The Kier molecular flexibility index (Phi) is 7.75. The van der Waals surface area contributed by atoms with Crippen LogP contribution < -0.4 is 5.32 Å². The molecule has 0 aliphatic carbocycles. The molecule has 0 saturated heterocycles. The zero-order valence-corrected chi connectivity index (χ0v) is 12.5. The van der Waals surface area contributed by atoms with Crippen molar-refractivity contribution >= 4 is 23.5 Å². The zero-order valence-electron chi connectivity index (χ0n) is 11.7. The monoisotopic (exact) mass is 315 g/mol. The van der Waals surface area contributed by atoms with Crippen molar-refractivity contribution in [3.63, 3.8) is 0 Å². The number of halogens is 2. The van der Waals surface area contributed by atoms with Crippen molar-refractivity contribution in [1.82, 2.24) is 5.32 Å². The summed E-state index contributed by atoms with van der Waals surface area (Å²) in [5.41, 5.74) is 0.137. The Morgan fingerprint density at radius 3 is 2.52 bits per heavy atom. The maximum Gasteiger partial charge on any atom is 0.303 e. The van der Waals surface area contributed by atoms with Gasteiger partial charge in [0.25, 0.3) is 5.91 Å². The van der Waals surface area contributed by atoms with Crippen molar-refractivity contribution in [1.29, 1.82) is 0 Å². The number of carboxylic acids is 1. The van der Waals surface area contributed by atoms with Crippen LogP contribution in [-0.4, -0.2) is 23.5 Å². The van der Waals surface area contributed by atoms with Crippen molar-refractivity contribution < 1.29 is 19.1 Å². The second-order valence-corrected chi connectivity index (χ2v) is 5.15. The highest BCUT2D eigenvalue weighted by Crippen LogP contribution is 2.19. The molecule has 0 saturated carbocycles. The van der Waals surface area contributed by atoms with Crippen molar-refractivity contribution in [2.75, 3.05) is 6.54 Å². The minimum Gasteiger partial charge on any atom is -0.481 e. The summed E-state index contributed by atoms with van der Waals surface area (Å²) in [5, 5.41) is 11.0. The van der Waals surface area contributed by atoms with Crippen LogP contribution >= 0.6 is 11.6 Å². The lowest BCUT2D eigenvalue weighted by atomic mass is 10.1. The Hall–Kier alpha value is -1.62. The summed E-state index contributed by atoms with van der Waals surface area (Å²) in [4.78, 5) is 22.1. The molecular formula is C15H19ClFNO3. The molecule has 0 aliphatic rings. The van der Waals surface area contributed by atoms with Crippen molar-refractivity contribution in [2.45, 2.75) is 38.5 Å². The highest BCUT2D eigenvalue weighted by molar-refractivity contribution is 6.34. The maximum atomic E-state index is 13.2. The SMILES string of the molecule is O=C(O)CCCCCCCNC(=O)c1cccc(F)c1Cl. The van der Waals surface area contributed by atoms with Gasteiger partial charge in [0, 0.05) is 13.0 Å². The Morgan fingerprint density at radius 1 is 1.14 bits per heavy atom. The molecule has 1 aromatic rings. The van der Waals surface area contributed by atoms with Crippen LogP contribution in [0, 0.1) is 5.82 Å². The summed E-state index contributed by atoms with van der Waals surface area (Å²) < 4.78 is 13.2. The fraction of sp³-hybridized carbons (Fsp3) is 0.467. The molecule has 1 amide bonds. The Balaban J connectivity index is 2.17. The van der Waals surface area contributed by atoms with Crippen LogP contribution in [0.5, 0.6) is 0 Å². The highest BCUT2D eigenvalue weighted by atomic mass is 35.5. The number of rotatable bonds is 9. The van der Waals surface area contributed by atoms with Gasteiger partial charge in [-0.2, -0.15) is 0 Å². The van der Waals surface area contributed by atoms with Gasteiger partial charge in [0.05, 0.1) is 10.6 Å². The van der Waals surface area contributed by atoms with Crippen LogP contribution in [0.25, 0.3) is 0 Å². The summed E-state index contributed by atoms with van der Waals surface area (Å²) >= 11 is 5.73. The summed E-state index contributed by atoms with van der Waals surface area (Å²) in [6, 6.07) is 4.13. The topological polar surface area (TPSA) is 66.4 Å².